The van der Waals surface area contributed by atoms with Crippen molar-refractivity contribution in [2.75, 3.05) is 0 Å². The van der Waals surface area contributed by atoms with Gasteiger partial charge in [-0.1, -0.05) is 191 Å². The topological polar surface area (TPSA) is 0 Å². The molecule has 12 rings (SSSR count). The lowest BCUT2D eigenvalue weighted by atomic mass is 9.79. The minimum absolute atomic E-state index is 0.102. The maximum absolute atomic E-state index is 2.49. The molecule has 0 heterocycles. The lowest BCUT2D eigenvalue weighted by Crippen LogP contribution is -2.15. The molecule has 0 heteroatoms. The summed E-state index contributed by atoms with van der Waals surface area (Å²) in [4.78, 5) is 0. The van der Waals surface area contributed by atoms with Gasteiger partial charge in [0.2, 0.25) is 0 Å². The molecule has 0 N–H and O–H groups in total. The predicted octanol–water partition coefficient (Wildman–Crippen LogP) is 15.9. The highest BCUT2D eigenvalue weighted by molar-refractivity contribution is 6.22. The van der Waals surface area contributed by atoms with Gasteiger partial charge in [-0.25, -0.2) is 0 Å². The maximum Gasteiger partial charge on any atom is 0.0165 e. The van der Waals surface area contributed by atoms with Crippen molar-refractivity contribution in [3.8, 4) is 55.6 Å². The van der Waals surface area contributed by atoms with E-state index in [2.05, 4.69) is 210 Å². The normalized spacial score (nSPS) is 14.5. The Labute approximate surface area is 340 Å². The van der Waals surface area contributed by atoms with E-state index in [1.807, 2.05) is 0 Å². The van der Waals surface area contributed by atoms with Crippen LogP contribution >= 0.6 is 0 Å². The molecule has 0 saturated carbocycles. The molecule has 58 heavy (non-hydrogen) atoms. The van der Waals surface area contributed by atoms with Gasteiger partial charge in [-0.3, -0.25) is 0 Å². The summed E-state index contributed by atoms with van der Waals surface area (Å²) in [6.07, 6.45) is 0. The Balaban J connectivity index is 1.14. The molecule has 0 spiro atoms. The maximum atomic E-state index is 2.49. The molecule has 0 bridgehead atoms. The fourth-order valence-corrected chi connectivity index (χ4v) is 11.2. The van der Waals surface area contributed by atoms with Crippen LogP contribution in [0.3, 0.4) is 0 Å². The molecule has 2 aliphatic rings. The van der Waals surface area contributed by atoms with E-state index in [0.717, 1.165) is 0 Å². The van der Waals surface area contributed by atoms with Crippen molar-refractivity contribution in [2.24, 2.45) is 0 Å². The van der Waals surface area contributed by atoms with Gasteiger partial charge in [-0.05, 0) is 139 Å². The van der Waals surface area contributed by atoms with Crippen molar-refractivity contribution in [1.29, 1.82) is 0 Å². The van der Waals surface area contributed by atoms with E-state index in [1.165, 1.54) is 121 Å². The van der Waals surface area contributed by atoms with Gasteiger partial charge >= 0.3 is 0 Å². The van der Waals surface area contributed by atoms with Gasteiger partial charge in [0.25, 0.3) is 0 Å². The SMILES string of the molecule is CC1(C)c2ccc(-c3c4ccccc4c(-c4ccc5c(c4)-c4ccc6ccccc6c4C5(C)C)c4cc(-c5ccccc5)ccc34)cc2-c2ccc3ccccc3c21. The van der Waals surface area contributed by atoms with Crippen LogP contribution in [0.15, 0.2) is 182 Å². The van der Waals surface area contributed by atoms with Gasteiger partial charge in [-0.2, -0.15) is 0 Å². The quantitative estimate of drug-likeness (QED) is 0.158. The first kappa shape index (κ1) is 33.4. The standard InChI is InChI=1S/C58H42/c1-57(2)51-30-25-39(33-48(51)46-28-22-36-16-8-10-18-41(36)55(46)57)53-43-20-12-13-21-44(43)54(50-32-38(24-27-45(50)53)35-14-6-5-7-15-35)40-26-31-52-49(34-40)47-29-23-37-17-9-11-19-42(37)56(47)58(52,3)4/h5-34H,1-4H3. The lowest BCUT2D eigenvalue weighted by molar-refractivity contribution is 0.666. The molecule has 274 valence electrons. The van der Waals surface area contributed by atoms with Crippen LogP contribution in [0, 0.1) is 0 Å². The van der Waals surface area contributed by atoms with Crippen LogP contribution in [0.5, 0.6) is 0 Å². The Morgan fingerprint density at radius 3 is 1.24 bits per heavy atom. The van der Waals surface area contributed by atoms with Gasteiger partial charge in [0, 0.05) is 10.8 Å². The number of fused-ring (bicyclic) bond motifs is 12. The first-order valence-electron chi connectivity index (χ1n) is 20.7. The zero-order valence-corrected chi connectivity index (χ0v) is 33.3. The second-order valence-corrected chi connectivity index (χ2v) is 17.6. The molecule has 10 aromatic carbocycles. The second kappa shape index (κ2) is 11.9. The van der Waals surface area contributed by atoms with Crippen molar-refractivity contribution in [2.45, 2.75) is 38.5 Å². The van der Waals surface area contributed by atoms with Gasteiger partial charge in [-0.15, -0.1) is 0 Å². The van der Waals surface area contributed by atoms with Crippen LogP contribution in [-0.4, -0.2) is 0 Å². The number of rotatable bonds is 3. The minimum Gasteiger partial charge on any atom is -0.0622 e. The average molecular weight is 739 g/mol. The molecule has 0 amide bonds. The molecule has 0 aromatic heterocycles. The first-order valence-corrected chi connectivity index (χ1v) is 20.7. The molecular weight excluding hydrogens is 697 g/mol. The van der Waals surface area contributed by atoms with Gasteiger partial charge in [0.1, 0.15) is 0 Å². The summed E-state index contributed by atoms with van der Waals surface area (Å²) in [5.74, 6) is 0. The van der Waals surface area contributed by atoms with Crippen LogP contribution in [0.25, 0.3) is 98.7 Å². The highest BCUT2D eigenvalue weighted by atomic mass is 14.4. The summed E-state index contributed by atoms with van der Waals surface area (Å²) in [7, 11) is 0. The number of hydrogen-bond donors (Lipinski definition) is 0. The summed E-state index contributed by atoms with van der Waals surface area (Å²) in [6.45, 7) is 9.59. The minimum atomic E-state index is -0.106. The summed E-state index contributed by atoms with van der Waals surface area (Å²) < 4.78 is 0. The second-order valence-electron chi connectivity index (χ2n) is 17.6. The van der Waals surface area contributed by atoms with Crippen LogP contribution in [0.2, 0.25) is 0 Å². The molecule has 2 aliphatic carbocycles. The van der Waals surface area contributed by atoms with Crippen LogP contribution in [-0.2, 0) is 10.8 Å². The Bertz CT molecular complexity index is 3380. The molecule has 0 fully saturated rings. The predicted molar refractivity (Wildman–Crippen MR) is 248 cm³/mol. The van der Waals surface area contributed by atoms with E-state index in [9.17, 15) is 0 Å². The fraction of sp³-hybridized carbons (Fsp3) is 0.103. The molecule has 0 unspecified atom stereocenters. The van der Waals surface area contributed by atoms with Gasteiger partial charge in [0.05, 0.1) is 0 Å². The van der Waals surface area contributed by atoms with Crippen LogP contribution < -0.4 is 0 Å². The Hall–Kier alpha value is -6.76. The largest absolute Gasteiger partial charge is 0.0622 e. The zero-order chi connectivity index (χ0) is 38.9. The van der Waals surface area contributed by atoms with Crippen LogP contribution in [0.1, 0.15) is 49.9 Å². The molecular formula is C58H42. The van der Waals surface area contributed by atoms with E-state index < -0.39 is 0 Å². The van der Waals surface area contributed by atoms with E-state index in [1.54, 1.807) is 0 Å². The fourth-order valence-electron chi connectivity index (χ4n) is 11.2. The summed E-state index contributed by atoms with van der Waals surface area (Å²) in [5.41, 5.74) is 18.4. The molecule has 0 radical (unpaired) electrons. The highest BCUT2D eigenvalue weighted by Crippen LogP contribution is 2.55. The van der Waals surface area contributed by atoms with E-state index in [-0.39, 0.29) is 10.8 Å². The van der Waals surface area contributed by atoms with E-state index in [4.69, 9.17) is 0 Å². The molecule has 0 nitrogen and oxygen atoms in total. The smallest absolute Gasteiger partial charge is 0.0165 e. The molecule has 0 atom stereocenters. The Kier molecular flexibility index (Phi) is 6.84. The zero-order valence-electron chi connectivity index (χ0n) is 33.3. The summed E-state index contributed by atoms with van der Waals surface area (Å²) >= 11 is 0. The number of benzene rings is 10. The van der Waals surface area contributed by atoms with Crippen molar-refractivity contribution < 1.29 is 0 Å². The third kappa shape index (κ3) is 4.52. The summed E-state index contributed by atoms with van der Waals surface area (Å²) in [6, 6.07) is 68.8. The van der Waals surface area contributed by atoms with Crippen molar-refractivity contribution in [1.82, 2.24) is 0 Å². The average Bonchev–Trinajstić information content (AvgIpc) is 3.64. The van der Waals surface area contributed by atoms with Crippen LogP contribution in [0.4, 0.5) is 0 Å². The van der Waals surface area contributed by atoms with Crippen molar-refractivity contribution in [3.05, 3.63) is 204 Å². The molecule has 0 aliphatic heterocycles. The third-order valence-electron chi connectivity index (χ3n) is 13.8. The lowest BCUT2D eigenvalue weighted by Gasteiger charge is -2.24. The number of hydrogen-bond acceptors (Lipinski definition) is 0. The summed E-state index contributed by atoms with van der Waals surface area (Å²) in [5, 5.41) is 10.4. The van der Waals surface area contributed by atoms with Crippen molar-refractivity contribution in [3.63, 3.8) is 0 Å². The van der Waals surface area contributed by atoms with E-state index in [0.29, 0.717) is 0 Å². The highest BCUT2D eigenvalue weighted by Gasteiger charge is 2.38. The van der Waals surface area contributed by atoms with Crippen molar-refractivity contribution >= 4 is 43.1 Å². The van der Waals surface area contributed by atoms with E-state index >= 15 is 0 Å². The van der Waals surface area contributed by atoms with Gasteiger partial charge < -0.3 is 0 Å². The Morgan fingerprint density at radius 1 is 0.276 bits per heavy atom. The third-order valence-corrected chi connectivity index (χ3v) is 13.8. The monoisotopic (exact) mass is 738 g/mol. The molecule has 10 aromatic rings. The Morgan fingerprint density at radius 2 is 0.707 bits per heavy atom. The molecule has 0 saturated heterocycles. The first-order chi connectivity index (χ1) is 28.3. The van der Waals surface area contributed by atoms with Gasteiger partial charge in [0.15, 0.2) is 0 Å².